The second-order valence-electron chi connectivity index (χ2n) is 7.08. The average Bonchev–Trinajstić information content (AvgIpc) is 3.17. The van der Waals surface area contributed by atoms with Gasteiger partial charge in [0.15, 0.2) is 0 Å². The van der Waals surface area contributed by atoms with Crippen LogP contribution in [0.2, 0.25) is 0 Å². The zero-order chi connectivity index (χ0) is 23.5. The molecule has 3 aromatic rings. The minimum absolute atomic E-state index is 0.0363. The number of aliphatic hydroxyl groups excluding tert-OH is 2. The smallest absolute Gasteiger partial charge is 0.416 e. The molecule has 170 valence electrons. The van der Waals surface area contributed by atoms with E-state index < -0.39 is 36.4 Å². The van der Waals surface area contributed by atoms with E-state index in [0.717, 1.165) is 12.1 Å². The van der Waals surface area contributed by atoms with E-state index in [0.29, 0.717) is 11.3 Å². The molecule has 0 saturated carbocycles. The lowest BCUT2D eigenvalue weighted by Crippen LogP contribution is -2.44. The molecule has 2 heterocycles. The summed E-state index contributed by atoms with van der Waals surface area (Å²) in [7, 11) is 1.69. The molecule has 0 fully saturated rings. The number of pyridine rings is 1. The molecule has 0 spiro atoms. The lowest BCUT2D eigenvalue weighted by molar-refractivity contribution is -0.137. The molecule has 0 radical (unpaired) electrons. The fourth-order valence-corrected chi connectivity index (χ4v) is 2.79. The van der Waals surface area contributed by atoms with Gasteiger partial charge in [-0.05, 0) is 43.3 Å². The summed E-state index contributed by atoms with van der Waals surface area (Å²) in [6, 6.07) is 6.36. The van der Waals surface area contributed by atoms with Crippen LogP contribution in [0.4, 0.5) is 13.2 Å². The topological polar surface area (TPSA) is 110 Å². The number of halogens is 3. The quantitative estimate of drug-likeness (QED) is 0.511. The summed E-state index contributed by atoms with van der Waals surface area (Å²) in [5.74, 6) is -0.431. The lowest BCUT2D eigenvalue weighted by atomic mass is 10.1. The first kappa shape index (κ1) is 23.2. The van der Waals surface area contributed by atoms with Crippen molar-refractivity contribution in [3.8, 4) is 22.9 Å². The molecule has 1 aromatic carbocycles. The van der Waals surface area contributed by atoms with E-state index in [1.165, 1.54) is 36.0 Å². The van der Waals surface area contributed by atoms with Crippen molar-refractivity contribution in [2.24, 2.45) is 7.05 Å². The van der Waals surface area contributed by atoms with E-state index in [2.05, 4.69) is 15.4 Å². The lowest BCUT2D eigenvalue weighted by Gasteiger charge is -2.19. The average molecular weight is 450 g/mol. The Morgan fingerprint density at radius 2 is 1.94 bits per heavy atom. The molecule has 1 amide bonds. The molecule has 3 N–H and O–H groups in total. The molecule has 8 nitrogen and oxygen atoms in total. The highest BCUT2D eigenvalue weighted by Crippen LogP contribution is 2.34. The van der Waals surface area contributed by atoms with Crippen molar-refractivity contribution in [3.05, 3.63) is 59.9 Å². The fraction of sp³-hybridized carbons (Fsp3) is 0.286. The maximum Gasteiger partial charge on any atom is 0.416 e. The van der Waals surface area contributed by atoms with Crippen molar-refractivity contribution in [2.75, 3.05) is 6.61 Å². The molecule has 0 aliphatic heterocycles. The van der Waals surface area contributed by atoms with Gasteiger partial charge in [-0.3, -0.25) is 9.48 Å². The van der Waals surface area contributed by atoms with Gasteiger partial charge in [0.05, 0.1) is 41.1 Å². The van der Waals surface area contributed by atoms with Crippen molar-refractivity contribution < 1.29 is 32.9 Å². The van der Waals surface area contributed by atoms with E-state index in [9.17, 15) is 28.2 Å². The molecular formula is C21H21F3N4O4. The van der Waals surface area contributed by atoms with E-state index in [-0.39, 0.29) is 17.2 Å². The molecule has 3 rings (SSSR count). The molecule has 2 aromatic heterocycles. The van der Waals surface area contributed by atoms with Crippen molar-refractivity contribution in [3.63, 3.8) is 0 Å². The number of amides is 1. The van der Waals surface area contributed by atoms with Crippen LogP contribution in [0.3, 0.4) is 0 Å². The van der Waals surface area contributed by atoms with Gasteiger partial charge in [-0.1, -0.05) is 0 Å². The van der Waals surface area contributed by atoms with Gasteiger partial charge in [0.2, 0.25) is 5.88 Å². The van der Waals surface area contributed by atoms with Gasteiger partial charge in [0.1, 0.15) is 5.75 Å². The van der Waals surface area contributed by atoms with Crippen LogP contribution >= 0.6 is 0 Å². The zero-order valence-electron chi connectivity index (χ0n) is 17.2. The number of hydrogen-bond donors (Lipinski definition) is 3. The Kier molecular flexibility index (Phi) is 6.80. The number of benzene rings is 1. The molecule has 11 heteroatoms. The van der Waals surface area contributed by atoms with Crippen molar-refractivity contribution in [1.82, 2.24) is 20.1 Å². The number of carbonyl (C=O) groups excluding carboxylic acids is 1. The number of aryl methyl sites for hydroxylation is 1. The number of aliphatic hydroxyl groups is 2. The van der Waals surface area contributed by atoms with Crippen LogP contribution in [0.15, 0.2) is 48.8 Å². The van der Waals surface area contributed by atoms with Gasteiger partial charge in [-0.15, -0.1) is 0 Å². The molecule has 0 unspecified atom stereocenters. The van der Waals surface area contributed by atoms with E-state index in [1.807, 2.05) is 0 Å². The Bertz CT molecular complexity index is 1080. The predicted octanol–water partition coefficient (Wildman–Crippen LogP) is 2.76. The number of nitrogens with zero attached hydrogens (tertiary/aromatic N) is 3. The number of carbonyl (C=O) groups is 1. The fourth-order valence-electron chi connectivity index (χ4n) is 2.79. The first-order chi connectivity index (χ1) is 15.1. The van der Waals surface area contributed by atoms with Gasteiger partial charge < -0.3 is 20.3 Å². The normalized spacial score (nSPS) is 13.5. The third-order valence-corrected chi connectivity index (χ3v) is 4.59. The largest absolute Gasteiger partial charge is 0.438 e. The maximum atomic E-state index is 12.8. The molecule has 0 aliphatic carbocycles. The van der Waals surface area contributed by atoms with Crippen LogP contribution in [0.25, 0.3) is 11.3 Å². The third-order valence-electron chi connectivity index (χ3n) is 4.59. The standard InChI is InChI=1S/C21H21F3N4O4/c1-12(30)18(11-29)26-19(31)13-9-16(17-7-8-28(2)27-17)20(25-10-13)32-15-5-3-14(4-6-15)21(22,23)24/h3-10,12,18,29-30H,11H2,1-2H3,(H,26,31)/t12-,18+/m0/s1. The van der Waals surface area contributed by atoms with Gasteiger partial charge in [-0.25, -0.2) is 4.98 Å². The minimum atomic E-state index is -4.47. The number of alkyl halides is 3. The van der Waals surface area contributed by atoms with Gasteiger partial charge in [-0.2, -0.15) is 18.3 Å². The summed E-state index contributed by atoms with van der Waals surface area (Å²) >= 11 is 0. The maximum absolute atomic E-state index is 12.8. The number of ether oxygens (including phenoxy) is 1. The molecule has 0 saturated heterocycles. The monoisotopic (exact) mass is 450 g/mol. The summed E-state index contributed by atoms with van der Waals surface area (Å²) in [5.41, 5.74) is 0.0531. The van der Waals surface area contributed by atoms with E-state index in [4.69, 9.17) is 4.74 Å². The SMILES string of the molecule is C[C@H](O)[C@@H](CO)NC(=O)c1cnc(Oc2ccc(C(F)(F)F)cc2)c(-c2ccn(C)n2)c1. The second kappa shape index (κ2) is 9.37. The summed E-state index contributed by atoms with van der Waals surface area (Å²) in [6.45, 7) is 0.971. The van der Waals surface area contributed by atoms with Crippen LogP contribution < -0.4 is 10.1 Å². The van der Waals surface area contributed by atoms with Gasteiger partial charge >= 0.3 is 6.18 Å². The zero-order valence-corrected chi connectivity index (χ0v) is 17.2. The Morgan fingerprint density at radius 3 is 2.47 bits per heavy atom. The highest BCUT2D eigenvalue weighted by molar-refractivity contribution is 5.95. The highest BCUT2D eigenvalue weighted by atomic mass is 19.4. The Hall–Kier alpha value is -3.44. The molecule has 2 atom stereocenters. The van der Waals surface area contributed by atoms with Crippen LogP contribution in [-0.2, 0) is 13.2 Å². The summed E-state index contributed by atoms with van der Waals surface area (Å²) in [5, 5.41) is 25.7. The summed E-state index contributed by atoms with van der Waals surface area (Å²) < 4.78 is 45.6. The molecule has 0 bridgehead atoms. The van der Waals surface area contributed by atoms with Crippen molar-refractivity contribution >= 4 is 5.91 Å². The van der Waals surface area contributed by atoms with E-state index in [1.54, 1.807) is 19.3 Å². The first-order valence-electron chi connectivity index (χ1n) is 9.53. The highest BCUT2D eigenvalue weighted by Gasteiger charge is 2.30. The number of aromatic nitrogens is 3. The predicted molar refractivity (Wildman–Crippen MR) is 108 cm³/mol. The van der Waals surface area contributed by atoms with Crippen molar-refractivity contribution in [2.45, 2.75) is 25.2 Å². The second-order valence-corrected chi connectivity index (χ2v) is 7.08. The van der Waals surface area contributed by atoms with Crippen LogP contribution in [0.5, 0.6) is 11.6 Å². The van der Waals surface area contributed by atoms with Crippen LogP contribution in [-0.4, -0.2) is 49.6 Å². The minimum Gasteiger partial charge on any atom is -0.438 e. The van der Waals surface area contributed by atoms with Crippen LogP contribution in [0, 0.1) is 0 Å². The number of hydrogen-bond acceptors (Lipinski definition) is 6. The third kappa shape index (κ3) is 5.42. The molecule has 0 aliphatic rings. The molecule has 32 heavy (non-hydrogen) atoms. The summed E-state index contributed by atoms with van der Waals surface area (Å²) in [4.78, 5) is 16.7. The Morgan fingerprint density at radius 1 is 1.25 bits per heavy atom. The summed E-state index contributed by atoms with van der Waals surface area (Å²) in [6.07, 6.45) is -2.56. The van der Waals surface area contributed by atoms with Gasteiger partial charge in [0.25, 0.3) is 5.91 Å². The van der Waals surface area contributed by atoms with E-state index >= 15 is 0 Å². The molecular weight excluding hydrogens is 429 g/mol. The Balaban J connectivity index is 1.93. The van der Waals surface area contributed by atoms with Crippen molar-refractivity contribution in [1.29, 1.82) is 0 Å². The Labute approximate surface area is 181 Å². The van der Waals surface area contributed by atoms with Crippen LogP contribution in [0.1, 0.15) is 22.8 Å². The number of nitrogens with one attached hydrogen (secondary N) is 1. The number of rotatable bonds is 7. The van der Waals surface area contributed by atoms with Gasteiger partial charge in [0, 0.05) is 19.4 Å². The first-order valence-corrected chi connectivity index (χ1v) is 9.53.